The fraction of sp³-hybridized carbons (Fsp3) is 0.533. The van der Waals surface area contributed by atoms with Crippen molar-refractivity contribution in [3.8, 4) is 22.9 Å². The Labute approximate surface area is 368 Å². The highest BCUT2D eigenvalue weighted by atomic mass is 32.2. The molecule has 7 unspecified atom stereocenters. The Morgan fingerprint density at radius 3 is 2.38 bits per heavy atom. The summed E-state index contributed by atoms with van der Waals surface area (Å²) < 4.78 is 99.9. The molecule has 4 aliphatic rings. The summed E-state index contributed by atoms with van der Waals surface area (Å²) in [6.45, 7) is 6.20. The molecule has 19 heteroatoms. The molecule has 0 bridgehead atoms. The number of nitrogens with zero attached hydrogens (tertiary/aromatic N) is 2. The van der Waals surface area contributed by atoms with Crippen LogP contribution in [0.1, 0.15) is 79.6 Å². The maximum atomic E-state index is 15.0. The molecule has 64 heavy (non-hydrogen) atoms. The summed E-state index contributed by atoms with van der Waals surface area (Å²) in [5, 5.41) is 6.34. The number of allylic oxidation sites excluding steroid dienone is 1. The molecule has 7 rings (SSSR count). The number of rotatable bonds is 9. The van der Waals surface area contributed by atoms with Crippen LogP contribution < -0.4 is 24.8 Å². The van der Waals surface area contributed by atoms with Crippen LogP contribution in [0.3, 0.4) is 0 Å². The summed E-state index contributed by atoms with van der Waals surface area (Å²) in [5.41, 5.74) is -3.65. The van der Waals surface area contributed by atoms with E-state index in [2.05, 4.69) is 15.4 Å². The zero-order chi connectivity index (χ0) is 46.6. The Bertz CT molecular complexity index is 2460. The number of amides is 4. The lowest BCUT2D eigenvalue weighted by Crippen LogP contribution is -2.59. The van der Waals surface area contributed by atoms with E-state index in [4.69, 9.17) is 19.2 Å². The van der Waals surface area contributed by atoms with Crippen LogP contribution in [-0.2, 0) is 29.1 Å². The van der Waals surface area contributed by atoms with Gasteiger partial charge in [0.2, 0.25) is 33.3 Å². The fourth-order valence-corrected chi connectivity index (χ4v) is 9.70. The Balaban J connectivity index is 1.27. The minimum absolute atomic E-state index is 0.0705. The van der Waals surface area contributed by atoms with Gasteiger partial charge in [0.25, 0.3) is 5.91 Å². The molecule has 3 aromatic rings. The monoisotopic (exact) mass is 915 g/mol. The minimum atomic E-state index is -4.94. The largest absolute Gasteiger partial charge is 0.497 e. The van der Waals surface area contributed by atoms with Crippen molar-refractivity contribution in [3.05, 3.63) is 66.5 Å². The van der Waals surface area contributed by atoms with Crippen molar-refractivity contribution in [2.45, 2.75) is 120 Å². The second-order valence-corrected chi connectivity index (χ2v) is 20.6. The molecule has 0 radical (unpaired) electrons. The summed E-state index contributed by atoms with van der Waals surface area (Å²) in [6, 6.07) is 9.68. The summed E-state index contributed by atoms with van der Waals surface area (Å²) in [6.07, 6.45) is -1.76. The Morgan fingerprint density at radius 1 is 1.02 bits per heavy atom. The molecule has 0 spiro atoms. The highest BCUT2D eigenvalue weighted by molar-refractivity contribution is 7.91. The van der Waals surface area contributed by atoms with Crippen molar-refractivity contribution in [2.75, 3.05) is 13.7 Å². The van der Waals surface area contributed by atoms with Gasteiger partial charge in [-0.05, 0) is 125 Å². The topological polar surface area (TPSA) is 182 Å². The number of alkyl halides is 3. The third kappa shape index (κ3) is 9.49. The van der Waals surface area contributed by atoms with Gasteiger partial charge in [0.1, 0.15) is 35.3 Å². The highest BCUT2D eigenvalue weighted by Gasteiger charge is 2.63. The van der Waals surface area contributed by atoms with Gasteiger partial charge in [0.05, 0.1) is 24.1 Å². The van der Waals surface area contributed by atoms with E-state index in [0.29, 0.717) is 73.7 Å². The van der Waals surface area contributed by atoms with E-state index in [1.54, 1.807) is 49.4 Å². The van der Waals surface area contributed by atoms with Crippen molar-refractivity contribution < 1.29 is 59.4 Å². The van der Waals surface area contributed by atoms with Crippen LogP contribution in [0.15, 0.2) is 60.7 Å². The van der Waals surface area contributed by atoms with Crippen molar-refractivity contribution in [1.82, 2.24) is 25.2 Å². The first-order chi connectivity index (χ1) is 30.0. The van der Waals surface area contributed by atoms with Crippen LogP contribution in [0, 0.1) is 23.6 Å². The molecule has 3 N–H and O–H groups in total. The maximum Gasteiger partial charge on any atom is 0.427 e. The molecular weight excluding hydrogens is 863 g/mol. The number of benzene rings is 2. The maximum absolute atomic E-state index is 15.0. The number of ether oxygens (including phenoxy) is 3. The Kier molecular flexibility index (Phi) is 12.5. The summed E-state index contributed by atoms with van der Waals surface area (Å²) in [4.78, 5) is 62.9. The molecule has 346 valence electrons. The van der Waals surface area contributed by atoms with E-state index >= 15 is 0 Å². The van der Waals surface area contributed by atoms with Crippen molar-refractivity contribution >= 4 is 44.6 Å². The summed E-state index contributed by atoms with van der Waals surface area (Å²) >= 11 is 0. The molecule has 3 heterocycles. The molecule has 2 aromatic carbocycles. The van der Waals surface area contributed by atoms with Crippen LogP contribution in [0.2, 0.25) is 0 Å². The second kappa shape index (κ2) is 17.2. The average Bonchev–Trinajstić information content (AvgIpc) is 4.10. The third-order valence-electron chi connectivity index (χ3n) is 13.0. The van der Waals surface area contributed by atoms with Gasteiger partial charge >= 0.3 is 12.3 Å². The minimum Gasteiger partial charge on any atom is -0.497 e. The lowest BCUT2D eigenvalue weighted by molar-refractivity contribution is -0.244. The molecule has 3 fully saturated rings. The first-order valence-electron chi connectivity index (χ1n) is 21.3. The molecule has 14 nitrogen and oxygen atoms in total. The van der Waals surface area contributed by atoms with Crippen LogP contribution >= 0.6 is 0 Å². The molecule has 1 saturated heterocycles. The first-order valence-corrected chi connectivity index (χ1v) is 22.8. The smallest absolute Gasteiger partial charge is 0.427 e. The zero-order valence-electron chi connectivity index (χ0n) is 36.4. The van der Waals surface area contributed by atoms with Crippen LogP contribution in [-0.4, -0.2) is 96.0 Å². The summed E-state index contributed by atoms with van der Waals surface area (Å²) in [5.74, 6) is -3.75. The van der Waals surface area contributed by atoms with Crippen molar-refractivity contribution in [3.63, 3.8) is 0 Å². The van der Waals surface area contributed by atoms with Crippen LogP contribution in [0.25, 0.3) is 22.0 Å². The van der Waals surface area contributed by atoms with E-state index in [1.807, 2.05) is 13.0 Å². The number of carbonyl (C=O) groups excluding carboxylic acids is 4. The van der Waals surface area contributed by atoms with Gasteiger partial charge in [-0.25, -0.2) is 22.6 Å². The standard InChI is InChI=1S/C45H53F4N5O9S/c1-25-9-7-8-10-29-23-44(29,40(57)53-64(59,60)43(5)17-18-43)52-37(55)35-22-32(24-54(35)39(56)36(26(2)19-25)51-41(58)63-42(3,4)45(47,48)49)62-38-33-16-15-31(61-6)20-28(33)21-34(50-38)27-11-13-30(46)14-12-27/h8,10-16,20-21,25-26,29,32,35-36H,7,9,17-19,22-24H2,1-6H3,(H,51,58)(H,52,55)(H,53,57). The molecule has 7 atom stereocenters. The lowest BCUT2D eigenvalue weighted by Gasteiger charge is -2.34. The van der Waals surface area contributed by atoms with Gasteiger partial charge in [-0.15, -0.1) is 0 Å². The normalized spacial score (nSPS) is 27.2. The third-order valence-corrected chi connectivity index (χ3v) is 15.1. The molecule has 2 aliphatic heterocycles. The van der Waals surface area contributed by atoms with E-state index in [1.165, 1.54) is 26.2 Å². The molecular formula is C45H53F4N5O9S. The number of sulfonamides is 1. The Hall–Kier alpha value is -5.46. The van der Waals surface area contributed by atoms with Gasteiger partial charge in [-0.1, -0.05) is 26.0 Å². The van der Waals surface area contributed by atoms with Crippen LogP contribution in [0.4, 0.5) is 22.4 Å². The number of methoxy groups -OCH3 is 1. The van der Waals surface area contributed by atoms with Gasteiger partial charge in [0.15, 0.2) is 0 Å². The number of aromatic nitrogens is 1. The van der Waals surface area contributed by atoms with Crippen LogP contribution in [0.5, 0.6) is 11.6 Å². The number of hydrogen-bond donors (Lipinski definition) is 3. The quantitative estimate of drug-likeness (QED) is 0.154. The number of halogens is 4. The van der Waals surface area contributed by atoms with E-state index < -0.39 is 91.7 Å². The summed E-state index contributed by atoms with van der Waals surface area (Å²) in [7, 11) is -2.62. The highest BCUT2D eigenvalue weighted by Crippen LogP contribution is 2.48. The van der Waals surface area contributed by atoms with Gasteiger partial charge in [-0.3, -0.25) is 19.1 Å². The average molecular weight is 916 g/mol. The SMILES string of the molecule is COc1ccc2c(OC3CC4C(=O)NC5(C(=O)NS(=O)(=O)C6(C)CC6)CC5C=CCCC(C)CC(C)C(NC(=O)OC(C)(C)C(F)(F)F)C(=O)N4C3)nc(-c3ccc(F)cc3)cc2c1. The molecule has 2 saturated carbocycles. The molecule has 4 amide bonds. The van der Waals surface area contributed by atoms with Crippen molar-refractivity contribution in [1.29, 1.82) is 0 Å². The second-order valence-electron chi connectivity index (χ2n) is 18.4. The number of nitrogens with one attached hydrogen (secondary N) is 3. The number of pyridine rings is 1. The predicted molar refractivity (Wildman–Crippen MR) is 227 cm³/mol. The van der Waals surface area contributed by atoms with Crippen molar-refractivity contribution in [2.24, 2.45) is 17.8 Å². The number of fused-ring (bicyclic) bond motifs is 3. The zero-order valence-corrected chi connectivity index (χ0v) is 37.2. The first kappa shape index (κ1) is 46.5. The number of alkyl carbamates (subject to hydrolysis) is 1. The van der Waals surface area contributed by atoms with Gasteiger partial charge < -0.3 is 29.7 Å². The number of hydrogen-bond acceptors (Lipinski definition) is 10. The molecule has 2 aliphatic carbocycles. The lowest BCUT2D eigenvalue weighted by atomic mass is 9.88. The van der Waals surface area contributed by atoms with E-state index in [-0.39, 0.29) is 31.2 Å². The predicted octanol–water partition coefficient (Wildman–Crippen LogP) is 6.72. The number of carbonyl (C=O) groups is 4. The van der Waals surface area contributed by atoms with E-state index in [0.717, 1.165) is 4.90 Å². The fourth-order valence-electron chi connectivity index (χ4n) is 8.39. The Morgan fingerprint density at radius 2 is 1.72 bits per heavy atom. The van der Waals surface area contributed by atoms with E-state index in [9.17, 15) is 45.2 Å². The van der Waals surface area contributed by atoms with Gasteiger partial charge in [-0.2, -0.15) is 13.2 Å². The molecule has 1 aromatic heterocycles. The van der Waals surface area contributed by atoms with Gasteiger partial charge in [0, 0.05) is 23.3 Å².